The van der Waals surface area contributed by atoms with Gasteiger partial charge in [-0.15, -0.1) is 0 Å². The summed E-state index contributed by atoms with van der Waals surface area (Å²) in [5.41, 5.74) is 2.14. The van der Waals surface area contributed by atoms with E-state index >= 15 is 0 Å². The fraction of sp³-hybridized carbons (Fsp3) is 0.267. The number of nitrogens with zero attached hydrogens (tertiary/aromatic N) is 2. The van der Waals surface area contributed by atoms with Gasteiger partial charge in [0.25, 0.3) is 0 Å². The molecule has 3 rings (SSSR count). The van der Waals surface area contributed by atoms with Crippen molar-refractivity contribution in [2.45, 2.75) is 26.3 Å². The maximum Gasteiger partial charge on any atom is 0.315 e. The Morgan fingerprint density at radius 1 is 1.38 bits per heavy atom. The lowest BCUT2D eigenvalue weighted by Gasteiger charge is -2.03. The van der Waals surface area contributed by atoms with Gasteiger partial charge in [0, 0.05) is 29.6 Å². The Morgan fingerprint density at radius 3 is 3.00 bits per heavy atom. The van der Waals surface area contributed by atoms with Crippen LogP contribution in [-0.2, 0) is 6.42 Å². The number of nitrogens with one attached hydrogen (secondary N) is 2. The highest BCUT2D eigenvalue weighted by Crippen LogP contribution is 2.19. The predicted molar refractivity (Wildman–Crippen MR) is 78.0 cm³/mol. The minimum absolute atomic E-state index is 0.00135. The molecule has 6 heteroatoms. The summed E-state index contributed by atoms with van der Waals surface area (Å²) in [5.74, 6) is 0.148. The molecule has 0 saturated heterocycles. The molecular weight excluding hydrogens is 268 g/mol. The monoisotopic (exact) mass is 284 g/mol. The zero-order chi connectivity index (χ0) is 14.8. The zero-order valence-corrected chi connectivity index (χ0v) is 11.9. The van der Waals surface area contributed by atoms with Crippen LogP contribution in [0.2, 0.25) is 0 Å². The van der Waals surface area contributed by atoms with E-state index in [2.05, 4.69) is 20.4 Å². The van der Waals surface area contributed by atoms with Crippen LogP contribution in [0.5, 0.6) is 0 Å². The van der Waals surface area contributed by atoms with Gasteiger partial charge in [0.2, 0.25) is 0 Å². The number of carbonyl (C=O) groups excluding carboxylic acids is 1. The van der Waals surface area contributed by atoms with Crippen molar-refractivity contribution in [1.29, 1.82) is 0 Å². The van der Waals surface area contributed by atoms with Crippen molar-refractivity contribution in [2.75, 3.05) is 0 Å². The van der Waals surface area contributed by atoms with Crippen LogP contribution in [-0.4, -0.2) is 27.1 Å². The van der Waals surface area contributed by atoms with E-state index < -0.39 is 0 Å². The van der Waals surface area contributed by atoms with Gasteiger partial charge in [0.05, 0.1) is 0 Å². The van der Waals surface area contributed by atoms with Gasteiger partial charge in [-0.25, -0.2) is 0 Å². The maximum atomic E-state index is 11.8. The fourth-order valence-corrected chi connectivity index (χ4v) is 2.19. The minimum atomic E-state index is -0.345. The molecule has 0 atom stereocenters. The highest BCUT2D eigenvalue weighted by molar-refractivity contribution is 5.89. The molecule has 0 aliphatic carbocycles. The molecule has 0 unspecified atom stereocenters. The summed E-state index contributed by atoms with van der Waals surface area (Å²) in [5, 5.41) is 7.71. The van der Waals surface area contributed by atoms with Gasteiger partial charge >= 0.3 is 11.8 Å². The Kier molecular flexibility index (Phi) is 3.43. The molecule has 0 fully saturated rings. The lowest BCUT2D eigenvalue weighted by atomic mass is 10.1. The molecular formula is C15H16N4O2. The summed E-state index contributed by atoms with van der Waals surface area (Å²) in [6, 6.07) is 8.04. The number of benzene rings is 1. The van der Waals surface area contributed by atoms with E-state index in [1.165, 1.54) is 0 Å². The van der Waals surface area contributed by atoms with Crippen molar-refractivity contribution in [3.05, 3.63) is 47.7 Å². The third-order valence-electron chi connectivity index (χ3n) is 3.11. The highest BCUT2D eigenvalue weighted by atomic mass is 16.5. The van der Waals surface area contributed by atoms with Gasteiger partial charge in [-0.05, 0) is 25.5 Å². The number of aromatic nitrogens is 3. The number of H-pyrrole nitrogens is 1. The second-order valence-electron chi connectivity index (χ2n) is 5.18. The topological polar surface area (TPSA) is 83.8 Å². The predicted octanol–water partition coefficient (Wildman–Crippen LogP) is 2.28. The van der Waals surface area contributed by atoms with Crippen LogP contribution in [0.3, 0.4) is 0 Å². The van der Waals surface area contributed by atoms with Gasteiger partial charge in [0.15, 0.2) is 5.82 Å². The lowest BCUT2D eigenvalue weighted by Crippen LogP contribution is -2.30. The van der Waals surface area contributed by atoms with E-state index in [1.807, 2.05) is 44.3 Å². The van der Waals surface area contributed by atoms with E-state index in [4.69, 9.17) is 4.52 Å². The number of hydrogen-bond acceptors (Lipinski definition) is 4. The van der Waals surface area contributed by atoms with E-state index in [0.29, 0.717) is 12.2 Å². The summed E-state index contributed by atoms with van der Waals surface area (Å²) in [6.07, 6.45) is 2.44. The molecule has 0 radical (unpaired) electrons. The molecule has 6 nitrogen and oxygen atoms in total. The number of para-hydroxylation sites is 1. The van der Waals surface area contributed by atoms with Gasteiger partial charge in [0.1, 0.15) is 0 Å². The summed E-state index contributed by atoms with van der Waals surface area (Å²) in [6.45, 7) is 3.75. The van der Waals surface area contributed by atoms with Crippen LogP contribution in [0.1, 0.15) is 35.9 Å². The first kappa shape index (κ1) is 13.4. The van der Waals surface area contributed by atoms with Crippen LogP contribution in [0, 0.1) is 0 Å². The normalized spacial score (nSPS) is 11.2. The van der Waals surface area contributed by atoms with E-state index in [-0.39, 0.29) is 17.8 Å². The van der Waals surface area contributed by atoms with Gasteiger partial charge in [-0.3, -0.25) is 4.79 Å². The second kappa shape index (κ2) is 5.40. The minimum Gasteiger partial charge on any atom is -0.361 e. The number of amides is 1. The third-order valence-corrected chi connectivity index (χ3v) is 3.11. The molecule has 3 aromatic rings. The second-order valence-corrected chi connectivity index (χ2v) is 5.18. The van der Waals surface area contributed by atoms with E-state index in [9.17, 15) is 4.79 Å². The van der Waals surface area contributed by atoms with E-state index in [0.717, 1.165) is 16.5 Å². The lowest BCUT2D eigenvalue weighted by molar-refractivity contribution is 0.0899. The molecule has 1 amide bonds. The number of carbonyl (C=O) groups is 1. The Bertz CT molecular complexity index is 773. The molecule has 0 saturated carbocycles. The number of fused-ring (bicyclic) bond motifs is 1. The van der Waals surface area contributed by atoms with E-state index in [1.54, 1.807) is 0 Å². The van der Waals surface area contributed by atoms with Crippen LogP contribution >= 0.6 is 0 Å². The van der Waals surface area contributed by atoms with Crippen molar-refractivity contribution in [3.8, 4) is 0 Å². The van der Waals surface area contributed by atoms with Crippen molar-refractivity contribution in [2.24, 2.45) is 0 Å². The number of hydrogen-bond donors (Lipinski definition) is 2. The zero-order valence-electron chi connectivity index (χ0n) is 11.9. The first-order valence-electron chi connectivity index (χ1n) is 6.82. The number of aromatic amines is 1. The average molecular weight is 284 g/mol. The standard InChI is InChI=1S/C15H16N4O2/c1-9(2)17-14(20)15-18-13(19-21-15)7-10-8-16-12-6-4-3-5-11(10)12/h3-6,8-9,16H,7H2,1-2H3,(H,17,20). The number of rotatable bonds is 4. The van der Waals surface area contributed by atoms with Gasteiger partial charge in [-0.1, -0.05) is 23.4 Å². The highest BCUT2D eigenvalue weighted by Gasteiger charge is 2.16. The first-order valence-corrected chi connectivity index (χ1v) is 6.82. The van der Waals surface area contributed by atoms with Crippen molar-refractivity contribution in [1.82, 2.24) is 20.4 Å². The Hall–Kier alpha value is -2.63. The summed E-state index contributed by atoms with van der Waals surface area (Å²) in [7, 11) is 0. The molecule has 2 heterocycles. The molecule has 0 aliphatic heterocycles. The third kappa shape index (κ3) is 2.79. The smallest absolute Gasteiger partial charge is 0.315 e. The van der Waals surface area contributed by atoms with Crippen molar-refractivity contribution >= 4 is 16.8 Å². The van der Waals surface area contributed by atoms with Crippen LogP contribution in [0.4, 0.5) is 0 Å². The van der Waals surface area contributed by atoms with Crippen LogP contribution in [0.15, 0.2) is 35.0 Å². The average Bonchev–Trinajstić information content (AvgIpc) is 3.06. The molecule has 108 valence electrons. The van der Waals surface area contributed by atoms with Gasteiger partial charge < -0.3 is 14.8 Å². The first-order chi connectivity index (χ1) is 10.1. The van der Waals surface area contributed by atoms with Crippen LogP contribution < -0.4 is 5.32 Å². The van der Waals surface area contributed by atoms with Crippen molar-refractivity contribution in [3.63, 3.8) is 0 Å². The SMILES string of the molecule is CC(C)NC(=O)c1nc(Cc2c[nH]c3ccccc23)no1. The molecule has 0 spiro atoms. The largest absolute Gasteiger partial charge is 0.361 e. The van der Waals surface area contributed by atoms with Gasteiger partial charge in [-0.2, -0.15) is 4.98 Å². The summed E-state index contributed by atoms with van der Waals surface area (Å²) in [4.78, 5) is 19.1. The summed E-state index contributed by atoms with van der Waals surface area (Å²) >= 11 is 0. The molecule has 1 aromatic carbocycles. The maximum absolute atomic E-state index is 11.8. The molecule has 0 bridgehead atoms. The molecule has 2 aromatic heterocycles. The Balaban J connectivity index is 1.80. The molecule has 0 aliphatic rings. The quantitative estimate of drug-likeness (QED) is 0.770. The Morgan fingerprint density at radius 2 is 2.19 bits per heavy atom. The molecule has 21 heavy (non-hydrogen) atoms. The Labute approximate surface area is 121 Å². The summed E-state index contributed by atoms with van der Waals surface area (Å²) < 4.78 is 5.00. The molecule has 2 N–H and O–H groups in total. The van der Waals surface area contributed by atoms with Crippen molar-refractivity contribution < 1.29 is 9.32 Å². The van der Waals surface area contributed by atoms with Crippen LogP contribution in [0.25, 0.3) is 10.9 Å². The fourth-order valence-electron chi connectivity index (χ4n) is 2.19.